The van der Waals surface area contributed by atoms with Crippen molar-refractivity contribution in [3.8, 4) is 16.8 Å². The Morgan fingerprint density at radius 3 is 2.09 bits per heavy atom. The van der Waals surface area contributed by atoms with Gasteiger partial charge in [-0.3, -0.25) is 15.5 Å². The van der Waals surface area contributed by atoms with Gasteiger partial charge in [0, 0.05) is 21.9 Å². The van der Waals surface area contributed by atoms with Crippen LogP contribution in [0.25, 0.3) is 44.2 Å². The van der Waals surface area contributed by atoms with Crippen LogP contribution in [0.1, 0.15) is 66.8 Å². The van der Waals surface area contributed by atoms with Crippen LogP contribution in [0.15, 0.2) is 163 Å². The number of aromatic nitrogens is 1. The summed E-state index contributed by atoms with van der Waals surface area (Å²) in [4.78, 5) is 2.48. The molecular weight excluding hydrogens is 645 g/mol. The largest absolute Gasteiger partial charge is 0.309 e. The lowest BCUT2D eigenvalue weighted by Gasteiger charge is -2.46. The van der Waals surface area contributed by atoms with Crippen molar-refractivity contribution in [1.29, 1.82) is 0 Å². The number of allylic oxidation sites excluding steroid dienone is 3. The third kappa shape index (κ3) is 5.24. The average Bonchev–Trinajstić information content (AvgIpc) is 3.66. The molecule has 260 valence electrons. The highest BCUT2D eigenvalue weighted by molar-refractivity contribution is 6.11. The molecule has 4 nitrogen and oxygen atoms in total. The van der Waals surface area contributed by atoms with Crippen molar-refractivity contribution in [2.45, 2.75) is 50.6 Å². The Morgan fingerprint density at radius 2 is 1.28 bits per heavy atom. The van der Waals surface area contributed by atoms with Gasteiger partial charge in [-0.2, -0.15) is 0 Å². The molecule has 0 amide bonds. The van der Waals surface area contributed by atoms with Crippen LogP contribution in [-0.4, -0.2) is 22.7 Å². The third-order valence-electron chi connectivity index (χ3n) is 12.1. The normalized spacial score (nSPS) is 20.9. The van der Waals surface area contributed by atoms with Crippen molar-refractivity contribution in [2.24, 2.45) is 0 Å². The molecule has 1 saturated heterocycles. The second kappa shape index (κ2) is 12.6. The van der Waals surface area contributed by atoms with E-state index in [1.165, 1.54) is 77.6 Å². The van der Waals surface area contributed by atoms with Crippen molar-refractivity contribution < 1.29 is 0 Å². The molecule has 3 unspecified atom stereocenters. The Hall–Kier alpha value is -5.52. The van der Waals surface area contributed by atoms with Crippen LogP contribution in [0.4, 0.5) is 0 Å². The molecule has 2 N–H and O–H groups in total. The summed E-state index contributed by atoms with van der Waals surface area (Å²) in [5, 5.41) is 10.6. The van der Waals surface area contributed by atoms with Crippen LogP contribution in [0.2, 0.25) is 0 Å². The maximum Gasteiger partial charge on any atom is 0.0888 e. The van der Waals surface area contributed by atoms with Crippen LogP contribution in [0.3, 0.4) is 0 Å². The second-order valence-corrected chi connectivity index (χ2v) is 15.5. The zero-order chi connectivity index (χ0) is 35.7. The van der Waals surface area contributed by atoms with E-state index < -0.39 is 0 Å². The fourth-order valence-electron chi connectivity index (χ4n) is 9.34. The molecule has 7 aromatic rings. The van der Waals surface area contributed by atoms with Crippen LogP contribution in [-0.2, 0) is 5.41 Å². The minimum absolute atomic E-state index is 0.00820. The van der Waals surface area contributed by atoms with Crippen LogP contribution in [0.5, 0.6) is 0 Å². The van der Waals surface area contributed by atoms with Crippen molar-refractivity contribution >= 4 is 27.4 Å². The minimum Gasteiger partial charge on any atom is -0.309 e. The monoisotopic (exact) mass is 688 g/mol. The standard InChI is InChI=1S/C49H44N4/c1-49(2)42-23-12-10-21-38(42)40-30-41-39-22-11-13-24-44(39)53(45(41)31-43(40)49)37-20-14-19-36(29-37)48-51-46(34-17-8-5-9-18-34)50-47(52(48)3)35-27-25-33(26-28-35)32-15-6-4-7-16-32/h4-25,27,29-31,46-48,50-51H,26,28H2,1-3H3. The van der Waals surface area contributed by atoms with Crippen molar-refractivity contribution in [1.82, 2.24) is 20.1 Å². The summed E-state index contributed by atoms with van der Waals surface area (Å²) in [6, 6.07) is 53.6. The highest BCUT2D eigenvalue weighted by Crippen LogP contribution is 2.51. The maximum absolute atomic E-state index is 4.00. The summed E-state index contributed by atoms with van der Waals surface area (Å²) < 4.78 is 2.49. The van der Waals surface area contributed by atoms with E-state index in [0.29, 0.717) is 0 Å². The minimum atomic E-state index is -0.0721. The summed E-state index contributed by atoms with van der Waals surface area (Å²) in [6.45, 7) is 4.74. The molecule has 1 fully saturated rings. The van der Waals surface area contributed by atoms with Crippen molar-refractivity contribution in [3.63, 3.8) is 0 Å². The topological polar surface area (TPSA) is 32.2 Å². The molecule has 10 rings (SSSR count). The quantitative estimate of drug-likeness (QED) is 0.189. The highest BCUT2D eigenvalue weighted by Gasteiger charge is 2.38. The van der Waals surface area contributed by atoms with Gasteiger partial charge < -0.3 is 4.57 Å². The summed E-state index contributed by atoms with van der Waals surface area (Å²) in [5.41, 5.74) is 15.7. The van der Waals surface area contributed by atoms with E-state index in [4.69, 9.17) is 0 Å². The fraction of sp³-hybridized carbons (Fsp3) is 0.184. The van der Waals surface area contributed by atoms with Gasteiger partial charge in [-0.25, -0.2) is 0 Å². The number of hydrogen-bond donors (Lipinski definition) is 2. The molecule has 6 aromatic carbocycles. The number of fused-ring (bicyclic) bond motifs is 6. The number of hydrogen-bond acceptors (Lipinski definition) is 3. The van der Waals surface area contributed by atoms with E-state index in [9.17, 15) is 0 Å². The van der Waals surface area contributed by atoms with Gasteiger partial charge in [-0.05, 0) is 100 Å². The van der Waals surface area contributed by atoms with Crippen LogP contribution >= 0.6 is 0 Å². The lowest BCUT2D eigenvalue weighted by molar-refractivity contribution is 0.0597. The molecule has 2 aliphatic carbocycles. The summed E-state index contributed by atoms with van der Waals surface area (Å²) in [6.07, 6.45) is 6.79. The maximum atomic E-state index is 4.00. The van der Waals surface area contributed by atoms with E-state index in [2.05, 4.69) is 199 Å². The second-order valence-electron chi connectivity index (χ2n) is 15.5. The zero-order valence-corrected chi connectivity index (χ0v) is 30.6. The molecule has 1 aromatic heterocycles. The summed E-state index contributed by atoms with van der Waals surface area (Å²) in [5.74, 6) is 0. The van der Waals surface area contributed by atoms with Gasteiger partial charge >= 0.3 is 0 Å². The summed E-state index contributed by atoms with van der Waals surface area (Å²) in [7, 11) is 2.25. The predicted octanol–water partition coefficient (Wildman–Crippen LogP) is 11.0. The number of benzene rings is 6. The number of para-hydroxylation sites is 1. The van der Waals surface area contributed by atoms with Gasteiger partial charge in [0.2, 0.25) is 0 Å². The van der Waals surface area contributed by atoms with Gasteiger partial charge in [-0.15, -0.1) is 0 Å². The first-order valence-electron chi connectivity index (χ1n) is 19.0. The first-order chi connectivity index (χ1) is 26.0. The number of nitrogens with zero attached hydrogens (tertiary/aromatic N) is 2. The van der Waals surface area contributed by atoms with Crippen LogP contribution in [0, 0.1) is 0 Å². The number of likely N-dealkylation sites (N-methyl/N-ethyl adjacent to an activating group) is 1. The molecular formula is C49H44N4. The summed E-state index contributed by atoms with van der Waals surface area (Å²) >= 11 is 0. The Bertz CT molecular complexity index is 2580. The Morgan fingerprint density at radius 1 is 0.566 bits per heavy atom. The molecule has 0 bridgehead atoms. The first-order valence-corrected chi connectivity index (χ1v) is 19.0. The third-order valence-corrected chi connectivity index (χ3v) is 12.1. The van der Waals surface area contributed by atoms with Crippen LogP contribution < -0.4 is 10.6 Å². The molecule has 1 aliphatic heterocycles. The fourth-order valence-corrected chi connectivity index (χ4v) is 9.34. The van der Waals surface area contributed by atoms with E-state index in [1.807, 2.05) is 0 Å². The predicted molar refractivity (Wildman–Crippen MR) is 220 cm³/mol. The molecule has 0 spiro atoms. The lowest BCUT2D eigenvalue weighted by Crippen LogP contribution is -2.60. The number of nitrogens with one attached hydrogen (secondary N) is 2. The van der Waals surface area contributed by atoms with Crippen molar-refractivity contribution in [2.75, 3.05) is 7.05 Å². The molecule has 0 radical (unpaired) electrons. The Labute approximate surface area is 312 Å². The van der Waals surface area contributed by atoms with E-state index in [-0.39, 0.29) is 23.9 Å². The SMILES string of the molecule is CN1C(C2=CC=C(c3ccccc3)CC2)NC(c2ccccc2)NC1c1cccc(-n2c3ccccc3c3cc4c(cc32)C(C)(C)c2ccccc2-4)c1. The molecule has 3 aliphatic rings. The molecule has 4 heteroatoms. The molecule has 53 heavy (non-hydrogen) atoms. The van der Waals surface area contributed by atoms with Gasteiger partial charge in [0.1, 0.15) is 0 Å². The Balaban J connectivity index is 1.08. The zero-order valence-electron chi connectivity index (χ0n) is 30.6. The van der Waals surface area contributed by atoms with E-state index in [0.717, 1.165) is 12.8 Å². The smallest absolute Gasteiger partial charge is 0.0888 e. The van der Waals surface area contributed by atoms with Gasteiger partial charge in [0.15, 0.2) is 0 Å². The van der Waals surface area contributed by atoms with E-state index in [1.54, 1.807) is 0 Å². The van der Waals surface area contributed by atoms with Gasteiger partial charge in [0.05, 0.1) is 29.5 Å². The average molecular weight is 689 g/mol. The molecule has 0 saturated carbocycles. The number of rotatable bonds is 5. The van der Waals surface area contributed by atoms with Crippen molar-refractivity contribution in [3.05, 3.63) is 191 Å². The van der Waals surface area contributed by atoms with E-state index >= 15 is 0 Å². The first kappa shape index (κ1) is 32.2. The highest BCUT2D eigenvalue weighted by atomic mass is 15.4. The molecule has 3 atom stereocenters. The Kier molecular flexibility index (Phi) is 7.62. The van der Waals surface area contributed by atoms with Gasteiger partial charge in [0.25, 0.3) is 0 Å². The molecule has 2 heterocycles. The lowest BCUT2D eigenvalue weighted by atomic mass is 9.82. The van der Waals surface area contributed by atoms with Gasteiger partial charge in [-0.1, -0.05) is 141 Å².